The van der Waals surface area contributed by atoms with Crippen LogP contribution in [0.25, 0.3) is 0 Å². The second-order valence-electron chi connectivity index (χ2n) is 8.23. The molecule has 3 rings (SSSR count). The standard InChI is InChI=1S/C25H29BO4.K/c1-24(2)25(3,4)30-26(29-24)23(20-28-19-22-14-9-6-10-15-22)16-11-17-27-18-21-12-7-5-8-13-21;/h5-16,20H,18-19H2,1-4H3;/q-2;+1/b23-16+;. The van der Waals surface area contributed by atoms with E-state index in [0.29, 0.717) is 13.2 Å². The molecular formula is C25H29BKO4-. The van der Waals surface area contributed by atoms with Crippen LogP contribution in [0.4, 0.5) is 0 Å². The Labute approximate surface area is 229 Å². The Morgan fingerprint density at radius 1 is 0.903 bits per heavy atom. The van der Waals surface area contributed by atoms with E-state index in [1.807, 2.05) is 94.4 Å². The van der Waals surface area contributed by atoms with Crippen molar-refractivity contribution in [1.29, 1.82) is 0 Å². The Bertz CT molecular complexity index is 834. The van der Waals surface area contributed by atoms with Gasteiger partial charge in [-0.1, -0.05) is 66.9 Å². The molecule has 0 aromatic heterocycles. The third kappa shape index (κ3) is 7.91. The minimum Gasteiger partial charge on any atom is -0.589 e. The summed E-state index contributed by atoms with van der Waals surface area (Å²) in [5.74, 6) is 0. The third-order valence-corrected chi connectivity index (χ3v) is 5.35. The molecule has 31 heavy (non-hydrogen) atoms. The fourth-order valence-electron chi connectivity index (χ4n) is 2.84. The third-order valence-electron chi connectivity index (χ3n) is 5.35. The number of allylic oxidation sites excluding steroid dienone is 2. The van der Waals surface area contributed by atoms with Crippen molar-refractivity contribution in [3.05, 3.63) is 102 Å². The summed E-state index contributed by atoms with van der Waals surface area (Å²) in [5.41, 5.74) is 2.09. The predicted octanol–water partition coefficient (Wildman–Crippen LogP) is 2.46. The van der Waals surface area contributed by atoms with Gasteiger partial charge in [0, 0.05) is 0 Å². The number of hydrogen-bond acceptors (Lipinski definition) is 4. The summed E-state index contributed by atoms with van der Waals surface area (Å²) < 4.78 is 23.6. The van der Waals surface area contributed by atoms with Crippen molar-refractivity contribution in [2.45, 2.75) is 52.1 Å². The first-order valence-corrected chi connectivity index (χ1v) is 10.2. The molecule has 0 unspecified atom stereocenters. The van der Waals surface area contributed by atoms with Crippen LogP contribution >= 0.6 is 0 Å². The van der Waals surface area contributed by atoms with Crippen LogP contribution in [0.5, 0.6) is 0 Å². The van der Waals surface area contributed by atoms with Crippen LogP contribution in [-0.2, 0) is 32.0 Å². The van der Waals surface area contributed by atoms with Crippen LogP contribution in [0, 0.1) is 12.9 Å². The molecule has 0 N–H and O–H groups in total. The van der Waals surface area contributed by atoms with Crippen molar-refractivity contribution in [2.75, 3.05) is 0 Å². The molecule has 2 aromatic carbocycles. The molecule has 0 spiro atoms. The largest absolute Gasteiger partial charge is 1.00 e. The first-order valence-electron chi connectivity index (χ1n) is 10.2. The maximum atomic E-state index is 6.16. The molecule has 4 nitrogen and oxygen atoms in total. The molecule has 1 aliphatic rings. The minimum absolute atomic E-state index is 0. The van der Waals surface area contributed by atoms with E-state index in [9.17, 15) is 0 Å². The van der Waals surface area contributed by atoms with Gasteiger partial charge in [0.2, 0.25) is 0 Å². The van der Waals surface area contributed by atoms with Gasteiger partial charge in [-0.25, -0.2) is 12.2 Å². The van der Waals surface area contributed by atoms with Crippen LogP contribution in [0.15, 0.2) is 78.3 Å². The van der Waals surface area contributed by atoms with Gasteiger partial charge in [-0.15, -0.1) is 6.61 Å². The van der Waals surface area contributed by atoms with Gasteiger partial charge in [0.1, 0.15) is 0 Å². The van der Waals surface area contributed by atoms with Gasteiger partial charge < -0.3 is 18.8 Å². The van der Waals surface area contributed by atoms with Crippen LogP contribution in [0.1, 0.15) is 38.8 Å². The van der Waals surface area contributed by atoms with E-state index in [-0.39, 0.29) is 51.4 Å². The van der Waals surface area contributed by atoms with Gasteiger partial charge in [0.25, 0.3) is 0 Å². The molecule has 2 aromatic rings. The molecule has 0 radical (unpaired) electrons. The molecule has 1 heterocycles. The average molecular weight is 443 g/mol. The van der Waals surface area contributed by atoms with Crippen molar-refractivity contribution >= 4 is 7.12 Å². The fraction of sp³-hybridized carbons (Fsp3) is 0.320. The Hall–Kier alpha value is -0.829. The summed E-state index contributed by atoms with van der Waals surface area (Å²) in [5, 5.41) is 0. The first-order chi connectivity index (χ1) is 14.4. The summed E-state index contributed by atoms with van der Waals surface area (Å²) in [4.78, 5) is 0. The molecule has 1 fully saturated rings. The van der Waals surface area contributed by atoms with Gasteiger partial charge >= 0.3 is 58.5 Å². The van der Waals surface area contributed by atoms with E-state index < -0.39 is 18.3 Å². The molecule has 1 aliphatic heterocycles. The Morgan fingerprint density at radius 2 is 1.42 bits per heavy atom. The van der Waals surface area contributed by atoms with Crippen LogP contribution in [-0.4, -0.2) is 18.3 Å². The van der Waals surface area contributed by atoms with Crippen LogP contribution in [0.3, 0.4) is 0 Å². The molecule has 158 valence electrons. The molecule has 0 amide bonds. The van der Waals surface area contributed by atoms with Crippen molar-refractivity contribution < 1.29 is 70.2 Å². The predicted molar refractivity (Wildman–Crippen MR) is 119 cm³/mol. The monoisotopic (exact) mass is 443 g/mol. The van der Waals surface area contributed by atoms with Crippen molar-refractivity contribution in [2.24, 2.45) is 0 Å². The van der Waals surface area contributed by atoms with Crippen molar-refractivity contribution in [3.8, 4) is 0 Å². The summed E-state index contributed by atoms with van der Waals surface area (Å²) in [6, 6.07) is 20.0. The van der Waals surface area contributed by atoms with Gasteiger partial charge in [0.05, 0.1) is 24.4 Å². The molecule has 0 saturated carbocycles. The fourth-order valence-corrected chi connectivity index (χ4v) is 2.84. The normalized spacial score (nSPS) is 17.4. The summed E-state index contributed by atoms with van der Waals surface area (Å²) >= 11 is 0. The maximum Gasteiger partial charge on any atom is 1.00 e. The number of rotatable bonds is 9. The van der Waals surface area contributed by atoms with E-state index >= 15 is 0 Å². The van der Waals surface area contributed by atoms with Crippen molar-refractivity contribution in [1.82, 2.24) is 0 Å². The summed E-state index contributed by atoms with van der Waals surface area (Å²) in [7, 11) is -0.530. The second kappa shape index (κ2) is 12.4. The summed E-state index contributed by atoms with van der Waals surface area (Å²) in [6.45, 7) is 10.7. The van der Waals surface area contributed by atoms with E-state index in [1.54, 1.807) is 12.7 Å². The Balaban J connectivity index is 0.00000341. The van der Waals surface area contributed by atoms with E-state index in [0.717, 1.165) is 16.6 Å². The molecule has 0 bridgehead atoms. The van der Waals surface area contributed by atoms with E-state index in [4.69, 9.17) is 18.8 Å². The quantitative estimate of drug-likeness (QED) is 0.258. The molecular weight excluding hydrogens is 414 g/mol. The summed E-state index contributed by atoms with van der Waals surface area (Å²) in [6.07, 6.45) is 6.41. The average Bonchev–Trinajstić information content (AvgIpc) is 2.95. The van der Waals surface area contributed by atoms with Crippen LogP contribution in [0.2, 0.25) is 0 Å². The Morgan fingerprint density at radius 3 is 1.97 bits per heavy atom. The zero-order valence-corrected chi connectivity index (χ0v) is 22.3. The molecule has 6 heteroatoms. The smallest absolute Gasteiger partial charge is 0.589 e. The molecule has 0 aliphatic carbocycles. The maximum absolute atomic E-state index is 6.16. The van der Waals surface area contributed by atoms with Gasteiger partial charge in [-0.3, -0.25) is 0 Å². The molecule has 0 atom stereocenters. The second-order valence-corrected chi connectivity index (χ2v) is 8.23. The van der Waals surface area contributed by atoms with Gasteiger partial charge in [0.15, 0.2) is 0 Å². The SMILES string of the molecule is CC1(C)OB(/C(=C/C=[C-]OCc2ccccc2)[CH-]OCc2ccccc2)OC1(C)C.[K+]. The Kier molecular flexibility index (Phi) is 10.6. The number of hydrogen-bond donors (Lipinski definition) is 0. The number of benzene rings is 2. The molecule has 1 saturated heterocycles. The zero-order valence-electron chi connectivity index (χ0n) is 19.1. The van der Waals surface area contributed by atoms with Gasteiger partial charge in [-0.05, 0) is 38.8 Å². The van der Waals surface area contributed by atoms with Gasteiger partial charge in [-0.2, -0.15) is 5.47 Å². The van der Waals surface area contributed by atoms with E-state index in [2.05, 4.69) is 6.26 Å². The number of ether oxygens (including phenoxy) is 2. The topological polar surface area (TPSA) is 36.9 Å². The van der Waals surface area contributed by atoms with E-state index in [1.165, 1.54) is 0 Å². The van der Waals surface area contributed by atoms with Crippen molar-refractivity contribution in [3.63, 3.8) is 0 Å². The van der Waals surface area contributed by atoms with Crippen LogP contribution < -0.4 is 51.4 Å². The zero-order chi connectivity index (χ0) is 21.5. The minimum atomic E-state index is -0.530. The first kappa shape index (κ1) is 26.4.